The topological polar surface area (TPSA) is 26.0 Å². The largest absolute Gasteiger partial charge is 0.398 e. The summed E-state index contributed by atoms with van der Waals surface area (Å²) < 4.78 is 0. The van der Waals surface area contributed by atoms with Gasteiger partial charge in [-0.2, -0.15) is 0 Å². The Labute approximate surface area is 103 Å². The first-order valence-electron chi connectivity index (χ1n) is 6.18. The Bertz CT molecular complexity index is 362. The molecule has 0 aromatic heterocycles. The van der Waals surface area contributed by atoms with Gasteiger partial charge in [0.1, 0.15) is 0 Å². The fourth-order valence-electron chi connectivity index (χ4n) is 2.37. The van der Waals surface area contributed by atoms with Crippen molar-refractivity contribution in [2.24, 2.45) is 5.92 Å². The standard InChI is InChI=1S/C14H21NS/c1-10-4-3-5-12(8-10)16-13-7-6-11(2)14(15)9-13/h6-7,9-10,12H,3-5,8,15H2,1-2H3. The van der Waals surface area contributed by atoms with Crippen LogP contribution < -0.4 is 5.73 Å². The van der Waals surface area contributed by atoms with E-state index in [1.54, 1.807) is 0 Å². The highest BCUT2D eigenvalue weighted by molar-refractivity contribution is 8.00. The molecule has 0 aliphatic heterocycles. The molecule has 0 amide bonds. The van der Waals surface area contributed by atoms with Crippen molar-refractivity contribution in [3.05, 3.63) is 23.8 Å². The molecule has 2 rings (SSSR count). The second kappa shape index (κ2) is 5.13. The van der Waals surface area contributed by atoms with Gasteiger partial charge in [0.25, 0.3) is 0 Å². The lowest BCUT2D eigenvalue weighted by Crippen LogP contribution is -2.14. The number of aryl methyl sites for hydroxylation is 1. The molecule has 0 heterocycles. The molecule has 0 bridgehead atoms. The van der Waals surface area contributed by atoms with E-state index in [-0.39, 0.29) is 0 Å². The first-order chi connectivity index (χ1) is 7.65. The van der Waals surface area contributed by atoms with Crippen LogP contribution in [0.1, 0.15) is 38.2 Å². The fraction of sp³-hybridized carbons (Fsp3) is 0.571. The highest BCUT2D eigenvalue weighted by atomic mass is 32.2. The van der Waals surface area contributed by atoms with Crippen molar-refractivity contribution in [3.63, 3.8) is 0 Å². The summed E-state index contributed by atoms with van der Waals surface area (Å²) in [5.74, 6) is 0.897. The molecule has 88 valence electrons. The normalized spacial score (nSPS) is 25.6. The van der Waals surface area contributed by atoms with Crippen LogP contribution in [0.15, 0.2) is 23.1 Å². The zero-order valence-corrected chi connectivity index (χ0v) is 11.0. The number of nitrogens with two attached hydrogens (primary N) is 1. The minimum Gasteiger partial charge on any atom is -0.398 e. The Balaban J connectivity index is 2.00. The number of anilines is 1. The summed E-state index contributed by atoms with van der Waals surface area (Å²) in [5, 5.41) is 0.797. The molecular formula is C14H21NS. The van der Waals surface area contributed by atoms with Crippen LogP contribution in [-0.4, -0.2) is 5.25 Å². The number of thioether (sulfide) groups is 1. The minimum absolute atomic E-state index is 0.797. The number of benzene rings is 1. The van der Waals surface area contributed by atoms with Crippen LogP contribution in [0.5, 0.6) is 0 Å². The molecule has 2 atom stereocenters. The highest BCUT2D eigenvalue weighted by Crippen LogP contribution is 2.36. The predicted octanol–water partition coefficient (Wildman–Crippen LogP) is 4.25. The molecule has 2 heteroatoms. The van der Waals surface area contributed by atoms with Crippen molar-refractivity contribution in [2.75, 3.05) is 5.73 Å². The van der Waals surface area contributed by atoms with Crippen molar-refractivity contribution in [1.82, 2.24) is 0 Å². The Morgan fingerprint density at radius 2 is 2.12 bits per heavy atom. The molecular weight excluding hydrogens is 214 g/mol. The highest BCUT2D eigenvalue weighted by Gasteiger charge is 2.19. The lowest BCUT2D eigenvalue weighted by Gasteiger charge is -2.26. The fourth-order valence-corrected chi connectivity index (χ4v) is 3.81. The average molecular weight is 235 g/mol. The van der Waals surface area contributed by atoms with E-state index in [9.17, 15) is 0 Å². The lowest BCUT2D eigenvalue weighted by molar-refractivity contribution is 0.394. The van der Waals surface area contributed by atoms with Crippen LogP contribution in [0.3, 0.4) is 0 Å². The maximum Gasteiger partial charge on any atom is 0.0354 e. The maximum absolute atomic E-state index is 5.94. The van der Waals surface area contributed by atoms with Gasteiger partial charge in [-0.3, -0.25) is 0 Å². The van der Waals surface area contributed by atoms with Crippen LogP contribution in [0.2, 0.25) is 0 Å². The van der Waals surface area contributed by atoms with Gasteiger partial charge < -0.3 is 5.73 Å². The van der Waals surface area contributed by atoms with Gasteiger partial charge in [-0.05, 0) is 43.4 Å². The number of rotatable bonds is 2. The molecule has 0 saturated heterocycles. The zero-order valence-electron chi connectivity index (χ0n) is 10.2. The van der Waals surface area contributed by atoms with Gasteiger partial charge in [-0.25, -0.2) is 0 Å². The summed E-state index contributed by atoms with van der Waals surface area (Å²) in [5.41, 5.74) is 8.05. The Morgan fingerprint density at radius 1 is 1.31 bits per heavy atom. The van der Waals surface area contributed by atoms with Crippen molar-refractivity contribution in [2.45, 2.75) is 49.7 Å². The van der Waals surface area contributed by atoms with E-state index in [0.29, 0.717) is 0 Å². The van der Waals surface area contributed by atoms with Gasteiger partial charge in [-0.1, -0.05) is 25.8 Å². The summed E-state index contributed by atoms with van der Waals surface area (Å²) in [4.78, 5) is 1.34. The van der Waals surface area contributed by atoms with Crippen LogP contribution >= 0.6 is 11.8 Å². The molecule has 1 saturated carbocycles. The molecule has 1 fully saturated rings. The first kappa shape index (κ1) is 11.8. The number of hydrogen-bond acceptors (Lipinski definition) is 2. The van der Waals surface area contributed by atoms with Gasteiger partial charge in [-0.15, -0.1) is 11.8 Å². The van der Waals surface area contributed by atoms with Gasteiger partial charge >= 0.3 is 0 Å². The Morgan fingerprint density at radius 3 is 2.81 bits per heavy atom. The smallest absolute Gasteiger partial charge is 0.0354 e. The summed E-state index contributed by atoms with van der Waals surface area (Å²) >= 11 is 2.01. The summed E-state index contributed by atoms with van der Waals surface area (Å²) in [6.45, 7) is 4.43. The summed E-state index contributed by atoms with van der Waals surface area (Å²) in [7, 11) is 0. The molecule has 1 aliphatic rings. The monoisotopic (exact) mass is 235 g/mol. The zero-order chi connectivity index (χ0) is 11.5. The van der Waals surface area contributed by atoms with E-state index in [2.05, 4.69) is 32.0 Å². The van der Waals surface area contributed by atoms with E-state index in [0.717, 1.165) is 16.9 Å². The average Bonchev–Trinajstić information content (AvgIpc) is 2.24. The number of hydrogen-bond donors (Lipinski definition) is 1. The van der Waals surface area contributed by atoms with Crippen LogP contribution in [-0.2, 0) is 0 Å². The van der Waals surface area contributed by atoms with Crippen molar-refractivity contribution < 1.29 is 0 Å². The SMILES string of the molecule is Cc1ccc(SC2CCCC(C)C2)cc1N. The molecule has 1 nitrogen and oxygen atoms in total. The van der Waals surface area contributed by atoms with E-state index < -0.39 is 0 Å². The van der Waals surface area contributed by atoms with Gasteiger partial charge in [0.15, 0.2) is 0 Å². The Kier molecular flexibility index (Phi) is 3.80. The third-order valence-electron chi connectivity index (χ3n) is 3.44. The first-order valence-corrected chi connectivity index (χ1v) is 7.06. The van der Waals surface area contributed by atoms with Gasteiger partial charge in [0.05, 0.1) is 0 Å². The quantitative estimate of drug-likeness (QED) is 0.776. The van der Waals surface area contributed by atoms with Gasteiger partial charge in [0, 0.05) is 15.8 Å². The van der Waals surface area contributed by atoms with E-state index in [1.807, 2.05) is 11.8 Å². The van der Waals surface area contributed by atoms with E-state index in [4.69, 9.17) is 5.73 Å². The second-order valence-corrected chi connectivity index (χ2v) is 6.40. The molecule has 2 N–H and O–H groups in total. The minimum atomic E-state index is 0.797. The second-order valence-electron chi connectivity index (χ2n) is 5.03. The van der Waals surface area contributed by atoms with Crippen LogP contribution in [0.4, 0.5) is 5.69 Å². The maximum atomic E-state index is 5.94. The van der Waals surface area contributed by atoms with E-state index >= 15 is 0 Å². The van der Waals surface area contributed by atoms with Crippen LogP contribution in [0.25, 0.3) is 0 Å². The van der Waals surface area contributed by atoms with E-state index in [1.165, 1.54) is 36.1 Å². The molecule has 0 spiro atoms. The van der Waals surface area contributed by atoms with Crippen LogP contribution in [0, 0.1) is 12.8 Å². The van der Waals surface area contributed by atoms with Gasteiger partial charge in [0.2, 0.25) is 0 Å². The molecule has 1 aliphatic carbocycles. The number of nitrogen functional groups attached to an aromatic ring is 1. The molecule has 1 aromatic carbocycles. The molecule has 0 radical (unpaired) electrons. The van der Waals surface area contributed by atoms with Crippen molar-refractivity contribution in [1.29, 1.82) is 0 Å². The molecule has 1 aromatic rings. The third kappa shape index (κ3) is 2.94. The summed E-state index contributed by atoms with van der Waals surface area (Å²) in [6, 6.07) is 6.46. The van der Waals surface area contributed by atoms with Crippen molar-refractivity contribution in [3.8, 4) is 0 Å². The Hall–Kier alpha value is -0.630. The third-order valence-corrected chi connectivity index (χ3v) is 4.73. The van der Waals surface area contributed by atoms with Crippen molar-refractivity contribution >= 4 is 17.4 Å². The summed E-state index contributed by atoms with van der Waals surface area (Å²) in [6.07, 6.45) is 5.52. The predicted molar refractivity (Wildman–Crippen MR) is 72.9 cm³/mol. The lowest BCUT2D eigenvalue weighted by atomic mass is 9.91. The molecule has 2 unspecified atom stereocenters. The molecule has 16 heavy (non-hydrogen) atoms.